The normalized spacial score (nSPS) is 12.4. The van der Waals surface area contributed by atoms with Crippen molar-refractivity contribution in [1.82, 2.24) is 0 Å². The van der Waals surface area contributed by atoms with Gasteiger partial charge in [0.05, 0.1) is 17.8 Å². The molecule has 1 aromatic carbocycles. The van der Waals surface area contributed by atoms with E-state index in [1.165, 1.54) is 11.1 Å². The van der Waals surface area contributed by atoms with Crippen LogP contribution in [-0.2, 0) is 10.9 Å². The SMILES string of the molecule is Cc1ccc(C(CBr)[S+](C)C)cc1.[Br-]. The van der Waals surface area contributed by atoms with E-state index in [4.69, 9.17) is 0 Å². The lowest BCUT2D eigenvalue weighted by Gasteiger charge is -2.11. The quantitative estimate of drug-likeness (QED) is 0.549. The number of aryl methyl sites for hydroxylation is 1. The van der Waals surface area contributed by atoms with Gasteiger partial charge in [-0.2, -0.15) is 0 Å². The van der Waals surface area contributed by atoms with Crippen molar-refractivity contribution in [1.29, 1.82) is 0 Å². The first kappa shape index (κ1) is 14.5. The van der Waals surface area contributed by atoms with E-state index >= 15 is 0 Å². The third-order valence-corrected chi connectivity index (χ3v) is 4.81. The van der Waals surface area contributed by atoms with Crippen molar-refractivity contribution in [2.75, 3.05) is 17.8 Å². The molecule has 0 amide bonds. The lowest BCUT2D eigenvalue weighted by Crippen LogP contribution is -3.00. The van der Waals surface area contributed by atoms with Crippen molar-refractivity contribution in [2.24, 2.45) is 0 Å². The van der Waals surface area contributed by atoms with Gasteiger partial charge in [0.2, 0.25) is 0 Å². The number of rotatable bonds is 3. The molecule has 0 aliphatic carbocycles. The van der Waals surface area contributed by atoms with Gasteiger partial charge in [-0.3, -0.25) is 0 Å². The van der Waals surface area contributed by atoms with Gasteiger partial charge in [-0.25, -0.2) is 0 Å². The summed E-state index contributed by atoms with van der Waals surface area (Å²) in [7, 11) is 0.442. The molecule has 1 atom stereocenters. The Balaban J connectivity index is 0.00000169. The van der Waals surface area contributed by atoms with Crippen molar-refractivity contribution >= 4 is 26.8 Å². The Morgan fingerprint density at radius 2 is 1.71 bits per heavy atom. The number of alkyl halides is 1. The highest BCUT2D eigenvalue weighted by Crippen LogP contribution is 2.24. The van der Waals surface area contributed by atoms with Crippen molar-refractivity contribution in [3.8, 4) is 0 Å². The molecule has 1 rings (SSSR count). The first-order chi connectivity index (χ1) is 6.15. The second-order valence-corrected chi connectivity index (χ2v) is 6.41. The van der Waals surface area contributed by atoms with Gasteiger partial charge in [0.1, 0.15) is 0 Å². The summed E-state index contributed by atoms with van der Waals surface area (Å²) in [5, 5.41) is 1.73. The molecule has 0 radical (unpaired) electrons. The van der Waals surface area contributed by atoms with E-state index in [-0.39, 0.29) is 17.0 Å². The molecular weight excluding hydrogens is 324 g/mol. The fourth-order valence-corrected chi connectivity index (χ4v) is 4.18. The van der Waals surface area contributed by atoms with Crippen LogP contribution in [0.1, 0.15) is 16.4 Å². The van der Waals surface area contributed by atoms with Crippen molar-refractivity contribution in [2.45, 2.75) is 12.2 Å². The van der Waals surface area contributed by atoms with E-state index in [1.807, 2.05) is 0 Å². The van der Waals surface area contributed by atoms with Crippen LogP contribution >= 0.6 is 15.9 Å². The summed E-state index contributed by atoms with van der Waals surface area (Å²) in [5.41, 5.74) is 2.79. The van der Waals surface area contributed by atoms with Crippen LogP contribution in [-0.4, -0.2) is 17.8 Å². The summed E-state index contributed by atoms with van der Waals surface area (Å²) >= 11 is 3.58. The highest BCUT2D eigenvalue weighted by atomic mass is 79.9. The topological polar surface area (TPSA) is 0 Å². The second-order valence-electron chi connectivity index (χ2n) is 3.43. The minimum Gasteiger partial charge on any atom is -1.00 e. The zero-order valence-electron chi connectivity index (χ0n) is 8.76. The molecule has 0 bridgehead atoms. The summed E-state index contributed by atoms with van der Waals surface area (Å²) in [6, 6.07) is 8.87. The van der Waals surface area contributed by atoms with Crippen molar-refractivity contribution in [3.05, 3.63) is 35.4 Å². The molecule has 0 saturated carbocycles. The lowest BCUT2D eigenvalue weighted by molar-refractivity contribution is -0.00000275. The molecule has 0 aliphatic rings. The molecule has 0 aromatic heterocycles. The summed E-state index contributed by atoms with van der Waals surface area (Å²) in [4.78, 5) is 0. The number of hydrogen-bond donors (Lipinski definition) is 0. The molecular formula is C11H16Br2S. The van der Waals surface area contributed by atoms with Gasteiger partial charge in [-0.15, -0.1) is 0 Å². The Bertz CT molecular complexity index is 256. The maximum absolute atomic E-state index is 3.58. The Hall–Kier alpha value is 0.530. The van der Waals surface area contributed by atoms with Crippen LogP contribution in [0.4, 0.5) is 0 Å². The third-order valence-electron chi connectivity index (χ3n) is 2.16. The van der Waals surface area contributed by atoms with Gasteiger partial charge >= 0.3 is 0 Å². The largest absolute Gasteiger partial charge is 1.00 e. The average Bonchev–Trinajstić information content (AvgIpc) is 2.09. The molecule has 0 nitrogen and oxygen atoms in total. The molecule has 0 saturated heterocycles. The summed E-state index contributed by atoms with van der Waals surface area (Å²) in [5.74, 6) is 0. The van der Waals surface area contributed by atoms with Gasteiger partial charge in [-0.1, -0.05) is 45.8 Å². The van der Waals surface area contributed by atoms with Crippen LogP contribution in [0, 0.1) is 6.92 Å². The number of halogens is 2. The molecule has 0 spiro atoms. The Morgan fingerprint density at radius 1 is 1.21 bits per heavy atom. The van der Waals surface area contributed by atoms with E-state index < -0.39 is 0 Å². The summed E-state index contributed by atoms with van der Waals surface area (Å²) in [6.45, 7) is 2.13. The Kier molecular flexibility index (Phi) is 7.17. The van der Waals surface area contributed by atoms with Crippen molar-refractivity contribution < 1.29 is 17.0 Å². The fraction of sp³-hybridized carbons (Fsp3) is 0.455. The smallest absolute Gasteiger partial charge is 0.152 e. The van der Waals surface area contributed by atoms with Gasteiger partial charge < -0.3 is 17.0 Å². The van der Waals surface area contributed by atoms with Crippen LogP contribution in [0.3, 0.4) is 0 Å². The lowest BCUT2D eigenvalue weighted by atomic mass is 10.1. The van der Waals surface area contributed by atoms with Gasteiger partial charge in [-0.05, 0) is 17.8 Å². The average molecular weight is 340 g/mol. The minimum atomic E-state index is 0. The highest BCUT2D eigenvalue weighted by molar-refractivity contribution is 9.09. The molecule has 0 N–H and O–H groups in total. The maximum atomic E-state index is 3.58. The molecule has 0 aliphatic heterocycles. The zero-order valence-corrected chi connectivity index (χ0v) is 12.7. The number of benzene rings is 1. The molecule has 1 unspecified atom stereocenters. The van der Waals surface area contributed by atoms with E-state index in [2.05, 4.69) is 59.6 Å². The fourth-order valence-electron chi connectivity index (χ4n) is 1.27. The molecule has 0 fully saturated rings. The maximum Gasteiger partial charge on any atom is 0.152 e. The predicted molar refractivity (Wildman–Crippen MR) is 66.9 cm³/mol. The molecule has 1 aromatic rings. The van der Waals surface area contributed by atoms with Gasteiger partial charge in [0, 0.05) is 5.56 Å². The van der Waals surface area contributed by atoms with E-state index in [9.17, 15) is 0 Å². The second kappa shape index (κ2) is 6.91. The zero-order chi connectivity index (χ0) is 9.84. The van der Waals surface area contributed by atoms with E-state index in [0.717, 1.165) is 5.33 Å². The minimum absolute atomic E-state index is 0. The first-order valence-corrected chi connectivity index (χ1v) is 7.56. The molecule has 14 heavy (non-hydrogen) atoms. The van der Waals surface area contributed by atoms with Crippen LogP contribution in [0.2, 0.25) is 0 Å². The monoisotopic (exact) mass is 338 g/mol. The van der Waals surface area contributed by atoms with Crippen LogP contribution < -0.4 is 17.0 Å². The molecule has 3 heteroatoms. The summed E-state index contributed by atoms with van der Waals surface area (Å²) < 4.78 is 0. The van der Waals surface area contributed by atoms with Crippen LogP contribution in [0.15, 0.2) is 24.3 Å². The predicted octanol–water partition coefficient (Wildman–Crippen LogP) is 0.313. The molecule has 80 valence electrons. The van der Waals surface area contributed by atoms with Crippen LogP contribution in [0.5, 0.6) is 0 Å². The Labute approximate surface area is 109 Å². The van der Waals surface area contributed by atoms with Gasteiger partial charge in [0.25, 0.3) is 0 Å². The Morgan fingerprint density at radius 3 is 2.07 bits per heavy atom. The standard InChI is InChI=1S/C11H16BrS.BrH/c1-9-4-6-10(7-5-9)11(8-12)13(2)3;/h4-7,11H,8H2,1-3H3;1H/q+1;/p-1. The van der Waals surface area contributed by atoms with E-state index in [1.54, 1.807) is 0 Å². The first-order valence-electron chi connectivity index (χ1n) is 4.34. The summed E-state index contributed by atoms with van der Waals surface area (Å²) in [6.07, 6.45) is 4.59. The third kappa shape index (κ3) is 3.95. The van der Waals surface area contributed by atoms with Crippen LogP contribution in [0.25, 0.3) is 0 Å². The van der Waals surface area contributed by atoms with Gasteiger partial charge in [0.15, 0.2) is 5.25 Å². The van der Waals surface area contributed by atoms with E-state index in [0.29, 0.717) is 16.1 Å². The molecule has 0 heterocycles. The van der Waals surface area contributed by atoms with Crippen molar-refractivity contribution in [3.63, 3.8) is 0 Å². The number of hydrogen-bond acceptors (Lipinski definition) is 0. The highest BCUT2D eigenvalue weighted by Gasteiger charge is 2.21.